The van der Waals surface area contributed by atoms with Gasteiger partial charge in [0.1, 0.15) is 12.4 Å². The molecule has 0 bridgehead atoms. The van der Waals surface area contributed by atoms with Crippen LogP contribution in [0.2, 0.25) is 0 Å². The number of alkyl halides is 3. The molecule has 2 atom stereocenters. The Kier molecular flexibility index (Phi) is 7.21. The molecule has 2 fully saturated rings. The Hall–Kier alpha value is -3.71. The van der Waals surface area contributed by atoms with Crippen LogP contribution in [0.4, 0.5) is 31.5 Å². The molecular weight excluding hydrogens is 527 g/mol. The van der Waals surface area contributed by atoms with E-state index >= 15 is 0 Å². The van der Waals surface area contributed by atoms with Crippen LogP contribution in [0.1, 0.15) is 54.7 Å². The van der Waals surface area contributed by atoms with Crippen molar-refractivity contribution in [1.82, 2.24) is 30.0 Å². The number of imidazole rings is 1. The predicted octanol–water partition coefficient (Wildman–Crippen LogP) is 3.61. The van der Waals surface area contributed by atoms with Crippen molar-refractivity contribution in [3.05, 3.63) is 53.1 Å². The molecular formula is C25H27F5N6O3. The number of carbonyl (C=O) groups excluding carboxylic acids is 3. The van der Waals surface area contributed by atoms with Crippen molar-refractivity contribution < 1.29 is 36.3 Å². The van der Waals surface area contributed by atoms with E-state index in [1.54, 1.807) is 4.90 Å². The van der Waals surface area contributed by atoms with Gasteiger partial charge in [-0.25, -0.2) is 23.4 Å². The number of halogens is 5. The van der Waals surface area contributed by atoms with Crippen molar-refractivity contribution in [2.45, 2.75) is 62.8 Å². The van der Waals surface area contributed by atoms with Crippen LogP contribution in [0, 0.1) is 11.6 Å². The third-order valence-corrected chi connectivity index (χ3v) is 7.60. The second-order valence-corrected chi connectivity index (χ2v) is 10.1. The fourth-order valence-electron chi connectivity index (χ4n) is 5.67. The molecule has 5 rings (SSSR count). The highest BCUT2D eigenvalue weighted by Crippen LogP contribution is 2.36. The lowest BCUT2D eigenvalue weighted by Crippen LogP contribution is -2.50. The van der Waals surface area contributed by atoms with E-state index in [-0.39, 0.29) is 55.0 Å². The number of carbonyl (C=O) groups is 3. The molecule has 2 aromatic rings. The van der Waals surface area contributed by atoms with Crippen LogP contribution < -0.4 is 10.6 Å². The number of nitrogens with zero attached hydrogens (tertiary/aromatic N) is 4. The molecule has 0 aliphatic carbocycles. The zero-order valence-corrected chi connectivity index (χ0v) is 20.8. The first-order chi connectivity index (χ1) is 18.5. The summed E-state index contributed by atoms with van der Waals surface area (Å²) >= 11 is 0. The van der Waals surface area contributed by atoms with Gasteiger partial charge >= 0.3 is 18.2 Å². The Morgan fingerprint density at radius 3 is 2.51 bits per heavy atom. The summed E-state index contributed by atoms with van der Waals surface area (Å²) in [5.41, 5.74) is -0.0641. The minimum absolute atomic E-state index is 0.0201. The highest BCUT2D eigenvalue weighted by molar-refractivity contribution is 6.02. The van der Waals surface area contributed by atoms with Crippen LogP contribution >= 0.6 is 0 Å². The maximum Gasteiger partial charge on any atom is 0.394 e. The molecule has 5 amide bonds. The zero-order chi connectivity index (χ0) is 27.9. The number of amides is 5. The number of piperidine rings is 1. The van der Waals surface area contributed by atoms with Crippen LogP contribution in [0.25, 0.3) is 0 Å². The Balaban J connectivity index is 1.32. The maximum atomic E-state index is 14.6. The lowest BCUT2D eigenvalue weighted by atomic mass is 9.92. The minimum Gasteiger partial charge on any atom is -0.329 e. The summed E-state index contributed by atoms with van der Waals surface area (Å²) < 4.78 is 69.8. The zero-order valence-electron chi connectivity index (χ0n) is 20.8. The lowest BCUT2D eigenvalue weighted by Gasteiger charge is -2.36. The summed E-state index contributed by atoms with van der Waals surface area (Å²) in [6.45, 7) is 0.557. The maximum absolute atomic E-state index is 14.6. The SMILES string of the molecule is O=C1CN(C2CCN(C(=O)N[C@@H]3CC[C@@H](c4cccc(F)c4F)Cn4c(CC(F)(F)F)cnc43)CC2)C(=O)N1. The fourth-order valence-corrected chi connectivity index (χ4v) is 5.67. The molecule has 2 N–H and O–H groups in total. The number of fused-ring (bicyclic) bond motifs is 1. The molecule has 0 radical (unpaired) electrons. The Morgan fingerprint density at radius 2 is 1.85 bits per heavy atom. The molecule has 4 heterocycles. The number of likely N-dealkylation sites (tertiary alicyclic amines) is 1. The monoisotopic (exact) mass is 554 g/mol. The quantitative estimate of drug-likeness (QED) is 0.446. The van der Waals surface area contributed by atoms with Crippen molar-refractivity contribution in [2.24, 2.45) is 0 Å². The summed E-state index contributed by atoms with van der Waals surface area (Å²) in [5, 5.41) is 5.10. The third kappa shape index (κ3) is 5.69. The van der Waals surface area contributed by atoms with E-state index < -0.39 is 48.3 Å². The minimum atomic E-state index is -4.51. The van der Waals surface area contributed by atoms with Gasteiger partial charge in [-0.2, -0.15) is 13.2 Å². The van der Waals surface area contributed by atoms with Crippen LogP contribution in [-0.2, 0) is 17.8 Å². The van der Waals surface area contributed by atoms with Gasteiger partial charge in [0.15, 0.2) is 11.6 Å². The van der Waals surface area contributed by atoms with E-state index in [1.165, 1.54) is 21.6 Å². The summed E-state index contributed by atoms with van der Waals surface area (Å²) in [6.07, 6.45) is -3.20. The number of urea groups is 2. The van der Waals surface area contributed by atoms with Crippen LogP contribution in [0.15, 0.2) is 24.4 Å². The number of hydrogen-bond acceptors (Lipinski definition) is 4. The van der Waals surface area contributed by atoms with Gasteiger partial charge in [0.05, 0.1) is 12.5 Å². The summed E-state index contributed by atoms with van der Waals surface area (Å²) in [4.78, 5) is 43.8. The van der Waals surface area contributed by atoms with Crippen molar-refractivity contribution in [3.63, 3.8) is 0 Å². The normalized spacial score (nSPS) is 22.5. The number of aromatic nitrogens is 2. The third-order valence-electron chi connectivity index (χ3n) is 7.60. The van der Waals surface area contributed by atoms with Crippen LogP contribution in [-0.4, -0.2) is 69.2 Å². The van der Waals surface area contributed by atoms with Crippen molar-refractivity contribution >= 4 is 18.0 Å². The van der Waals surface area contributed by atoms with Crippen LogP contribution in [0.3, 0.4) is 0 Å². The number of hydrogen-bond donors (Lipinski definition) is 2. The average molecular weight is 555 g/mol. The average Bonchev–Trinajstić information content (AvgIpc) is 3.36. The molecule has 3 aliphatic heterocycles. The van der Waals surface area contributed by atoms with Crippen molar-refractivity contribution in [1.29, 1.82) is 0 Å². The molecule has 0 unspecified atom stereocenters. The Morgan fingerprint density at radius 1 is 1.10 bits per heavy atom. The van der Waals surface area contributed by atoms with E-state index in [2.05, 4.69) is 15.6 Å². The Bertz CT molecular complexity index is 1270. The standard InChI is InChI=1S/C25H27F5N6O3/c26-18-3-1-2-17(21(18)27)14-4-5-19(22-31-11-16(35(22)12-14)10-25(28,29)30)32-23(38)34-8-6-15(7-9-34)36-13-20(37)33-24(36)39/h1-3,11,14-15,19H,4-10,12-13H2,(H,32,38)(H,33,37,39)/t14-,19-/m1/s1. The van der Waals surface area contributed by atoms with Crippen molar-refractivity contribution in [3.8, 4) is 0 Å². The van der Waals surface area contributed by atoms with E-state index in [0.717, 1.165) is 12.3 Å². The predicted molar refractivity (Wildman–Crippen MR) is 126 cm³/mol. The highest BCUT2D eigenvalue weighted by atomic mass is 19.4. The van der Waals surface area contributed by atoms with Gasteiger partial charge in [-0.1, -0.05) is 12.1 Å². The first kappa shape index (κ1) is 26.9. The molecule has 0 spiro atoms. The molecule has 0 saturated carbocycles. The van der Waals surface area contributed by atoms with E-state index in [9.17, 15) is 36.3 Å². The van der Waals surface area contributed by atoms with Crippen LogP contribution in [0.5, 0.6) is 0 Å². The topological polar surface area (TPSA) is 99.6 Å². The summed E-state index contributed by atoms with van der Waals surface area (Å²) in [5.74, 6) is -2.86. The fraction of sp³-hybridized carbons (Fsp3) is 0.520. The van der Waals surface area contributed by atoms with Crippen molar-refractivity contribution in [2.75, 3.05) is 19.6 Å². The van der Waals surface area contributed by atoms with E-state index in [4.69, 9.17) is 0 Å². The highest BCUT2D eigenvalue weighted by Gasteiger charge is 2.37. The first-order valence-electron chi connectivity index (χ1n) is 12.7. The van der Waals surface area contributed by atoms with Gasteiger partial charge in [0.25, 0.3) is 0 Å². The summed E-state index contributed by atoms with van der Waals surface area (Å²) in [7, 11) is 0. The number of nitrogens with one attached hydrogen (secondary N) is 2. The molecule has 14 heteroatoms. The second kappa shape index (κ2) is 10.5. The van der Waals surface area contributed by atoms with Gasteiger partial charge in [-0.3, -0.25) is 10.1 Å². The number of rotatable bonds is 4. The molecule has 2 saturated heterocycles. The first-order valence-corrected chi connectivity index (χ1v) is 12.7. The molecule has 1 aromatic carbocycles. The van der Waals surface area contributed by atoms with Gasteiger partial charge in [0.2, 0.25) is 5.91 Å². The van der Waals surface area contributed by atoms with Gasteiger partial charge in [-0.05, 0) is 37.3 Å². The Labute approximate surface area is 220 Å². The second-order valence-electron chi connectivity index (χ2n) is 10.1. The van der Waals surface area contributed by atoms with E-state index in [0.29, 0.717) is 25.9 Å². The molecule has 210 valence electrons. The number of imide groups is 1. The summed E-state index contributed by atoms with van der Waals surface area (Å²) in [6, 6.07) is 1.92. The molecule has 1 aromatic heterocycles. The van der Waals surface area contributed by atoms with Gasteiger partial charge in [0, 0.05) is 43.5 Å². The molecule has 3 aliphatic rings. The smallest absolute Gasteiger partial charge is 0.329 e. The molecule has 9 nitrogen and oxygen atoms in total. The largest absolute Gasteiger partial charge is 0.394 e. The van der Waals surface area contributed by atoms with Gasteiger partial charge in [-0.15, -0.1) is 0 Å². The lowest BCUT2D eigenvalue weighted by molar-refractivity contribution is -0.128. The number of benzene rings is 1. The molecule has 39 heavy (non-hydrogen) atoms. The van der Waals surface area contributed by atoms with Gasteiger partial charge < -0.3 is 19.7 Å². The van der Waals surface area contributed by atoms with E-state index in [1.807, 2.05) is 0 Å².